The maximum absolute atomic E-state index is 12.7. The zero-order chi connectivity index (χ0) is 20.5. The molecule has 0 bridgehead atoms. The molecule has 3 rings (SSSR count). The summed E-state index contributed by atoms with van der Waals surface area (Å²) in [5, 5.41) is 0. The Morgan fingerprint density at radius 3 is 2.46 bits per heavy atom. The molecule has 9 nitrogen and oxygen atoms in total. The van der Waals surface area contributed by atoms with Gasteiger partial charge in [0, 0.05) is 0 Å². The van der Waals surface area contributed by atoms with Crippen LogP contribution in [0.15, 0.2) is 29.2 Å². The van der Waals surface area contributed by atoms with Crippen LogP contribution in [0.25, 0.3) is 0 Å². The molecular weight excluding hydrogens is 392 g/mol. The molecular formula is C18H24O9S. The molecule has 0 amide bonds. The van der Waals surface area contributed by atoms with Crippen LogP contribution in [-0.4, -0.2) is 58.2 Å². The van der Waals surface area contributed by atoms with E-state index < -0.39 is 46.7 Å². The van der Waals surface area contributed by atoms with Crippen molar-refractivity contribution in [2.75, 3.05) is 13.2 Å². The second-order valence-corrected chi connectivity index (χ2v) is 8.54. The van der Waals surface area contributed by atoms with E-state index in [1.54, 1.807) is 32.9 Å². The smallest absolute Gasteiger partial charge is 0.435 e. The summed E-state index contributed by atoms with van der Waals surface area (Å²) in [5.41, 5.74) is 0.915. The maximum atomic E-state index is 12.7. The van der Waals surface area contributed by atoms with Crippen molar-refractivity contribution >= 4 is 16.3 Å². The van der Waals surface area contributed by atoms with Crippen LogP contribution in [0.4, 0.5) is 4.79 Å². The third-order valence-electron chi connectivity index (χ3n) is 4.26. The standard InChI is InChI=1S/C18H24O9S/c1-5-22-17(19)23-10-13-14(15-16(24-13)26-18(3,4)25-15)27-28(20,21)12-8-6-11(2)7-9-12/h6-9,13-16H,5,10H2,1-4H3. The number of benzene rings is 1. The summed E-state index contributed by atoms with van der Waals surface area (Å²) in [7, 11) is -4.11. The second kappa shape index (κ2) is 7.96. The predicted octanol–water partition coefficient (Wildman–Crippen LogP) is 2.12. The Bertz CT molecular complexity index is 803. The monoisotopic (exact) mass is 416 g/mol. The first-order chi connectivity index (χ1) is 13.1. The predicted molar refractivity (Wildman–Crippen MR) is 94.9 cm³/mol. The van der Waals surface area contributed by atoms with Gasteiger partial charge in [-0.05, 0) is 39.8 Å². The SMILES string of the molecule is CCOC(=O)OCC1OC2OC(C)(C)OC2C1OS(=O)(=O)c1ccc(C)cc1. The Morgan fingerprint density at radius 1 is 1.14 bits per heavy atom. The molecule has 4 atom stereocenters. The summed E-state index contributed by atoms with van der Waals surface area (Å²) in [5.74, 6) is -0.961. The lowest BCUT2D eigenvalue weighted by Gasteiger charge is -2.25. The van der Waals surface area contributed by atoms with Gasteiger partial charge in [-0.25, -0.2) is 4.79 Å². The van der Waals surface area contributed by atoms with Crippen LogP contribution in [0.3, 0.4) is 0 Å². The Balaban J connectivity index is 1.78. The number of hydrogen-bond donors (Lipinski definition) is 0. The van der Waals surface area contributed by atoms with Gasteiger partial charge in [0.05, 0.1) is 11.5 Å². The normalized spacial score (nSPS) is 28.7. The van der Waals surface area contributed by atoms with Crippen molar-refractivity contribution in [1.82, 2.24) is 0 Å². The van der Waals surface area contributed by atoms with Gasteiger partial charge in [0.15, 0.2) is 12.1 Å². The Labute approximate surface area is 163 Å². The molecule has 0 aromatic heterocycles. The molecule has 2 fully saturated rings. The second-order valence-electron chi connectivity index (χ2n) is 6.97. The van der Waals surface area contributed by atoms with Crippen LogP contribution in [0.1, 0.15) is 26.3 Å². The topological polar surface area (TPSA) is 107 Å². The molecule has 0 radical (unpaired) electrons. The molecule has 28 heavy (non-hydrogen) atoms. The van der Waals surface area contributed by atoms with Crippen molar-refractivity contribution in [3.05, 3.63) is 29.8 Å². The summed E-state index contributed by atoms with van der Waals surface area (Å²) in [4.78, 5) is 11.5. The molecule has 0 N–H and O–H groups in total. The zero-order valence-electron chi connectivity index (χ0n) is 16.1. The van der Waals surface area contributed by atoms with Crippen LogP contribution in [0.2, 0.25) is 0 Å². The van der Waals surface area contributed by atoms with Crippen molar-refractivity contribution in [2.24, 2.45) is 0 Å². The van der Waals surface area contributed by atoms with Crippen molar-refractivity contribution in [2.45, 2.75) is 63.0 Å². The highest BCUT2D eigenvalue weighted by atomic mass is 32.2. The van der Waals surface area contributed by atoms with E-state index in [1.165, 1.54) is 12.1 Å². The molecule has 2 aliphatic heterocycles. The highest BCUT2D eigenvalue weighted by molar-refractivity contribution is 7.86. The minimum Gasteiger partial charge on any atom is -0.435 e. The van der Waals surface area contributed by atoms with Crippen molar-refractivity contribution in [3.8, 4) is 0 Å². The van der Waals surface area contributed by atoms with E-state index in [0.717, 1.165) is 5.56 Å². The number of ether oxygens (including phenoxy) is 5. The van der Waals surface area contributed by atoms with Gasteiger partial charge in [0.1, 0.15) is 24.9 Å². The maximum Gasteiger partial charge on any atom is 0.508 e. The minimum atomic E-state index is -4.11. The highest BCUT2D eigenvalue weighted by Gasteiger charge is 2.57. The van der Waals surface area contributed by atoms with Gasteiger partial charge in [-0.2, -0.15) is 8.42 Å². The fourth-order valence-electron chi connectivity index (χ4n) is 3.01. The van der Waals surface area contributed by atoms with Gasteiger partial charge < -0.3 is 23.7 Å². The number of fused-ring (bicyclic) bond motifs is 1. The molecule has 2 aliphatic rings. The van der Waals surface area contributed by atoms with E-state index in [-0.39, 0.29) is 18.1 Å². The summed E-state index contributed by atoms with van der Waals surface area (Å²) in [6.07, 6.45) is -4.50. The third-order valence-corrected chi connectivity index (χ3v) is 5.59. The lowest BCUT2D eigenvalue weighted by Crippen LogP contribution is -2.40. The van der Waals surface area contributed by atoms with Crippen molar-refractivity contribution in [1.29, 1.82) is 0 Å². The third kappa shape index (κ3) is 4.64. The number of carbonyl (C=O) groups is 1. The molecule has 156 valence electrons. The first-order valence-corrected chi connectivity index (χ1v) is 10.3. The molecule has 0 saturated carbocycles. The average Bonchev–Trinajstić information content (AvgIpc) is 3.06. The van der Waals surface area contributed by atoms with Crippen LogP contribution in [-0.2, 0) is 38.0 Å². The van der Waals surface area contributed by atoms with Gasteiger partial charge in [-0.15, -0.1) is 0 Å². The molecule has 1 aromatic carbocycles. The van der Waals surface area contributed by atoms with E-state index in [9.17, 15) is 13.2 Å². The van der Waals surface area contributed by atoms with Gasteiger partial charge in [0.25, 0.3) is 10.1 Å². The minimum absolute atomic E-state index is 0.00443. The summed E-state index contributed by atoms with van der Waals surface area (Å²) in [6, 6.07) is 6.25. The van der Waals surface area contributed by atoms with E-state index >= 15 is 0 Å². The number of rotatable bonds is 6. The Morgan fingerprint density at radius 2 is 1.82 bits per heavy atom. The lowest BCUT2D eigenvalue weighted by atomic mass is 10.1. The van der Waals surface area contributed by atoms with Gasteiger partial charge >= 0.3 is 6.16 Å². The van der Waals surface area contributed by atoms with Crippen LogP contribution in [0, 0.1) is 6.92 Å². The van der Waals surface area contributed by atoms with E-state index in [4.69, 9.17) is 27.9 Å². The van der Waals surface area contributed by atoms with E-state index in [1.807, 2.05) is 6.92 Å². The highest BCUT2D eigenvalue weighted by Crippen LogP contribution is 2.40. The first-order valence-electron chi connectivity index (χ1n) is 8.92. The number of hydrogen-bond acceptors (Lipinski definition) is 9. The lowest BCUT2D eigenvalue weighted by molar-refractivity contribution is -0.217. The number of carbonyl (C=O) groups excluding carboxylic acids is 1. The fraction of sp³-hybridized carbons (Fsp3) is 0.611. The molecule has 0 spiro atoms. The molecule has 10 heteroatoms. The van der Waals surface area contributed by atoms with E-state index in [0.29, 0.717) is 0 Å². The number of aryl methyl sites for hydroxylation is 1. The Kier molecular flexibility index (Phi) is 5.97. The molecule has 0 aliphatic carbocycles. The van der Waals surface area contributed by atoms with Gasteiger partial charge in [-0.1, -0.05) is 17.7 Å². The molecule has 2 saturated heterocycles. The largest absolute Gasteiger partial charge is 0.508 e. The van der Waals surface area contributed by atoms with Gasteiger partial charge in [-0.3, -0.25) is 4.18 Å². The van der Waals surface area contributed by atoms with Crippen LogP contribution in [0.5, 0.6) is 0 Å². The summed E-state index contributed by atoms with van der Waals surface area (Å²) >= 11 is 0. The van der Waals surface area contributed by atoms with Crippen LogP contribution < -0.4 is 0 Å². The van der Waals surface area contributed by atoms with Gasteiger partial charge in [0.2, 0.25) is 0 Å². The molecule has 2 heterocycles. The molecule has 4 unspecified atom stereocenters. The zero-order valence-corrected chi connectivity index (χ0v) is 16.9. The van der Waals surface area contributed by atoms with Crippen molar-refractivity contribution < 1.29 is 41.1 Å². The van der Waals surface area contributed by atoms with Crippen molar-refractivity contribution in [3.63, 3.8) is 0 Å². The molecule has 1 aromatic rings. The van der Waals surface area contributed by atoms with E-state index in [2.05, 4.69) is 0 Å². The van der Waals surface area contributed by atoms with Crippen LogP contribution >= 0.6 is 0 Å². The fourth-order valence-corrected chi connectivity index (χ4v) is 4.12. The Hall–Kier alpha value is -1.72. The summed E-state index contributed by atoms with van der Waals surface area (Å²) < 4.78 is 57.7. The average molecular weight is 416 g/mol. The quantitative estimate of drug-likeness (QED) is 0.509. The first kappa shape index (κ1) is 21.0. The summed E-state index contributed by atoms with van der Waals surface area (Å²) in [6.45, 7) is 6.74.